The first-order valence-electron chi connectivity index (χ1n) is 6.31. The number of nitrogens with one attached hydrogen (secondary N) is 1. The van der Waals surface area contributed by atoms with Crippen molar-refractivity contribution in [2.24, 2.45) is 0 Å². The van der Waals surface area contributed by atoms with E-state index < -0.39 is 0 Å². The highest BCUT2D eigenvalue weighted by atomic mass is 35.5. The fourth-order valence-electron chi connectivity index (χ4n) is 2.01. The number of halogens is 1. The van der Waals surface area contributed by atoms with Gasteiger partial charge in [-0.1, -0.05) is 18.5 Å². The summed E-state index contributed by atoms with van der Waals surface area (Å²) in [6, 6.07) is 3.64. The number of pyridine rings is 1. The minimum absolute atomic E-state index is 0.124. The largest absolute Gasteiger partial charge is 0.467 e. The molecule has 0 aliphatic heterocycles. The Morgan fingerprint density at radius 1 is 1.53 bits per heavy atom. The molecule has 1 atom stereocenters. The molecule has 2 rings (SSSR count). The van der Waals surface area contributed by atoms with Gasteiger partial charge in [0.25, 0.3) is 0 Å². The predicted octanol–water partition coefficient (Wildman–Crippen LogP) is 3.31. The van der Waals surface area contributed by atoms with E-state index in [9.17, 15) is 0 Å². The summed E-state index contributed by atoms with van der Waals surface area (Å²) in [5.41, 5.74) is 7.89. The van der Waals surface area contributed by atoms with Crippen LogP contribution in [-0.4, -0.2) is 11.5 Å². The van der Waals surface area contributed by atoms with E-state index in [1.54, 1.807) is 12.5 Å². The molecule has 5 heteroatoms. The highest BCUT2D eigenvalue weighted by Gasteiger charge is 2.21. The number of anilines is 1. The fraction of sp³-hybridized carbons (Fsp3) is 0.357. The molecule has 0 saturated heterocycles. The number of nitrogens with two attached hydrogens (primary N) is 1. The molecule has 19 heavy (non-hydrogen) atoms. The molecular weight excluding hydrogens is 262 g/mol. The molecule has 0 radical (unpaired) electrons. The molecule has 2 heterocycles. The molecule has 4 nitrogen and oxygen atoms in total. The number of rotatable bonds is 5. The van der Waals surface area contributed by atoms with Crippen molar-refractivity contribution < 1.29 is 4.42 Å². The Balaban J connectivity index is 2.42. The quantitative estimate of drug-likeness (QED) is 0.881. The molecule has 0 aromatic carbocycles. The fourth-order valence-corrected chi connectivity index (χ4v) is 2.18. The minimum Gasteiger partial charge on any atom is -0.467 e. The zero-order valence-corrected chi connectivity index (χ0v) is 11.9. The van der Waals surface area contributed by atoms with Gasteiger partial charge >= 0.3 is 0 Å². The number of furan rings is 1. The normalized spacial score (nSPS) is 12.6. The van der Waals surface area contributed by atoms with Crippen LogP contribution in [0, 0.1) is 6.92 Å². The predicted molar refractivity (Wildman–Crippen MR) is 77.2 cm³/mol. The number of nitrogen functional groups attached to an aromatic ring is 1. The third kappa shape index (κ3) is 3.08. The van der Waals surface area contributed by atoms with E-state index in [2.05, 4.69) is 17.2 Å². The molecule has 0 spiro atoms. The lowest BCUT2D eigenvalue weighted by molar-refractivity contribution is 0.444. The molecule has 0 saturated carbocycles. The molecule has 2 aromatic heterocycles. The van der Waals surface area contributed by atoms with Crippen molar-refractivity contribution in [3.8, 4) is 0 Å². The highest BCUT2D eigenvalue weighted by molar-refractivity contribution is 6.30. The van der Waals surface area contributed by atoms with Crippen LogP contribution in [-0.2, 0) is 0 Å². The zero-order chi connectivity index (χ0) is 13.8. The first-order valence-corrected chi connectivity index (χ1v) is 6.69. The minimum atomic E-state index is -0.124. The molecule has 0 bridgehead atoms. The van der Waals surface area contributed by atoms with E-state index in [0.717, 1.165) is 29.9 Å². The first kappa shape index (κ1) is 13.9. The van der Waals surface area contributed by atoms with Gasteiger partial charge in [-0.15, -0.1) is 0 Å². The maximum Gasteiger partial charge on any atom is 0.128 e. The average molecular weight is 280 g/mol. The Hall–Kier alpha value is -1.52. The van der Waals surface area contributed by atoms with Crippen molar-refractivity contribution in [1.29, 1.82) is 0 Å². The number of aromatic nitrogens is 1. The number of aryl methyl sites for hydroxylation is 1. The van der Waals surface area contributed by atoms with Crippen molar-refractivity contribution in [3.05, 3.63) is 46.5 Å². The lowest BCUT2D eigenvalue weighted by atomic mass is 10.0. The topological polar surface area (TPSA) is 64.1 Å². The highest BCUT2D eigenvalue weighted by Crippen LogP contribution is 2.30. The Bertz CT molecular complexity index is 553. The molecule has 3 N–H and O–H groups in total. The van der Waals surface area contributed by atoms with Crippen molar-refractivity contribution in [2.45, 2.75) is 26.3 Å². The van der Waals surface area contributed by atoms with Crippen LogP contribution in [0.1, 0.15) is 36.3 Å². The van der Waals surface area contributed by atoms with Crippen LogP contribution in [0.2, 0.25) is 5.02 Å². The third-order valence-electron chi connectivity index (χ3n) is 2.99. The maximum atomic E-state index is 6.02. The van der Waals surface area contributed by atoms with Crippen molar-refractivity contribution in [3.63, 3.8) is 0 Å². The molecule has 1 unspecified atom stereocenters. The van der Waals surface area contributed by atoms with Crippen LogP contribution in [0.5, 0.6) is 0 Å². The molecule has 0 amide bonds. The second-order valence-corrected chi connectivity index (χ2v) is 4.92. The van der Waals surface area contributed by atoms with Crippen molar-refractivity contribution in [2.75, 3.05) is 12.3 Å². The molecule has 0 fully saturated rings. The summed E-state index contributed by atoms with van der Waals surface area (Å²) < 4.78 is 5.58. The lowest BCUT2D eigenvalue weighted by Crippen LogP contribution is -2.24. The number of hydrogen-bond donors (Lipinski definition) is 2. The summed E-state index contributed by atoms with van der Waals surface area (Å²) in [7, 11) is 0. The Kier molecular flexibility index (Phi) is 4.45. The van der Waals surface area contributed by atoms with E-state index in [1.165, 1.54) is 0 Å². The summed E-state index contributed by atoms with van der Waals surface area (Å²) in [6.45, 7) is 4.98. The number of hydrogen-bond acceptors (Lipinski definition) is 4. The van der Waals surface area contributed by atoms with Crippen molar-refractivity contribution in [1.82, 2.24) is 10.3 Å². The second kappa shape index (κ2) is 6.08. The van der Waals surface area contributed by atoms with Crippen LogP contribution in [0.4, 0.5) is 5.82 Å². The molecular formula is C14H18ClN3O. The van der Waals surface area contributed by atoms with E-state index in [-0.39, 0.29) is 6.04 Å². The second-order valence-electron chi connectivity index (χ2n) is 4.48. The summed E-state index contributed by atoms with van der Waals surface area (Å²) >= 11 is 6.02. The molecule has 0 aliphatic carbocycles. The van der Waals surface area contributed by atoms with E-state index in [1.807, 2.05) is 19.1 Å². The van der Waals surface area contributed by atoms with Crippen LogP contribution in [0.15, 0.2) is 29.0 Å². The van der Waals surface area contributed by atoms with Crippen LogP contribution >= 0.6 is 11.6 Å². The van der Waals surface area contributed by atoms with Gasteiger partial charge in [0.15, 0.2) is 0 Å². The maximum absolute atomic E-state index is 6.02. The van der Waals surface area contributed by atoms with Gasteiger partial charge in [0.05, 0.1) is 17.3 Å². The zero-order valence-electron chi connectivity index (χ0n) is 11.1. The Morgan fingerprint density at radius 2 is 2.32 bits per heavy atom. The van der Waals surface area contributed by atoms with Gasteiger partial charge in [0.1, 0.15) is 11.6 Å². The van der Waals surface area contributed by atoms with Gasteiger partial charge < -0.3 is 15.5 Å². The smallest absolute Gasteiger partial charge is 0.128 e. The third-order valence-corrected chi connectivity index (χ3v) is 3.20. The van der Waals surface area contributed by atoms with E-state index >= 15 is 0 Å². The molecule has 102 valence electrons. The standard InChI is InChI=1S/C14H18ClN3O/c1-3-5-17-12(13-9(2)4-6-19-13)11-7-10(15)8-18-14(11)16/h4,6-8,12,17H,3,5H2,1-2H3,(H2,16,18). The SMILES string of the molecule is CCCNC(c1cc(Cl)cnc1N)c1occc1C. The number of nitrogens with zero attached hydrogens (tertiary/aromatic N) is 1. The van der Waals surface area contributed by atoms with Gasteiger partial charge in [-0.2, -0.15) is 0 Å². The lowest BCUT2D eigenvalue weighted by Gasteiger charge is -2.19. The van der Waals surface area contributed by atoms with Gasteiger partial charge in [-0.3, -0.25) is 0 Å². The molecule has 0 aliphatic rings. The van der Waals surface area contributed by atoms with Crippen LogP contribution in [0.25, 0.3) is 0 Å². The van der Waals surface area contributed by atoms with Gasteiger partial charge in [0, 0.05) is 11.8 Å². The summed E-state index contributed by atoms with van der Waals surface area (Å²) in [6.07, 6.45) is 4.25. The van der Waals surface area contributed by atoms with Gasteiger partial charge in [0.2, 0.25) is 0 Å². The van der Waals surface area contributed by atoms with E-state index in [4.69, 9.17) is 21.8 Å². The molecule has 2 aromatic rings. The van der Waals surface area contributed by atoms with E-state index in [0.29, 0.717) is 10.8 Å². The average Bonchev–Trinajstić information content (AvgIpc) is 2.80. The van der Waals surface area contributed by atoms with Crippen LogP contribution < -0.4 is 11.1 Å². The van der Waals surface area contributed by atoms with Gasteiger partial charge in [-0.25, -0.2) is 4.98 Å². The summed E-state index contributed by atoms with van der Waals surface area (Å²) in [5.74, 6) is 1.32. The Morgan fingerprint density at radius 3 is 2.95 bits per heavy atom. The summed E-state index contributed by atoms with van der Waals surface area (Å²) in [5, 5.41) is 3.99. The summed E-state index contributed by atoms with van der Waals surface area (Å²) in [4.78, 5) is 4.11. The first-order chi connectivity index (χ1) is 9.13. The van der Waals surface area contributed by atoms with Gasteiger partial charge in [-0.05, 0) is 37.6 Å². The monoisotopic (exact) mass is 279 g/mol. The van der Waals surface area contributed by atoms with Crippen LogP contribution in [0.3, 0.4) is 0 Å². The Labute approximate surface area is 118 Å². The van der Waals surface area contributed by atoms with Crippen molar-refractivity contribution >= 4 is 17.4 Å².